The van der Waals surface area contributed by atoms with Crippen LogP contribution in [0, 0.1) is 11.2 Å². The normalized spacial score (nSPS) is 19.0. The van der Waals surface area contributed by atoms with E-state index < -0.39 is 5.82 Å². The largest absolute Gasteiger partial charge is 0.493 e. The van der Waals surface area contributed by atoms with Gasteiger partial charge in [0, 0.05) is 49.8 Å². The average molecular weight is 532 g/mol. The smallest absolute Gasteiger partial charge is 0.265 e. The highest BCUT2D eigenvalue weighted by Crippen LogP contribution is 2.46. The Morgan fingerprint density at radius 1 is 1.05 bits per heavy atom. The fraction of sp³-hybridized carbons (Fsp3) is 0.387. The molecule has 3 aromatic rings. The van der Waals surface area contributed by atoms with E-state index in [1.807, 2.05) is 0 Å². The van der Waals surface area contributed by atoms with Crippen molar-refractivity contribution in [2.24, 2.45) is 5.41 Å². The van der Waals surface area contributed by atoms with Crippen molar-refractivity contribution in [3.8, 4) is 5.75 Å². The molecule has 0 unspecified atom stereocenters. The Morgan fingerprint density at radius 3 is 2.24 bits per heavy atom. The van der Waals surface area contributed by atoms with E-state index in [0.29, 0.717) is 18.3 Å². The van der Waals surface area contributed by atoms with Crippen molar-refractivity contribution in [2.75, 3.05) is 32.8 Å². The monoisotopic (exact) mass is 531 g/mol. The third-order valence-corrected chi connectivity index (χ3v) is 8.69. The summed E-state index contributed by atoms with van der Waals surface area (Å²) in [6, 6.07) is 24.6. The summed E-state index contributed by atoms with van der Waals surface area (Å²) in [5.74, 6) is 0.00717. The highest BCUT2D eigenvalue weighted by atomic mass is 32.2. The summed E-state index contributed by atoms with van der Waals surface area (Å²) >= 11 is 1.26. The minimum Gasteiger partial charge on any atom is -0.493 e. The lowest BCUT2D eigenvalue weighted by Crippen LogP contribution is -2.58. The maximum atomic E-state index is 15.1. The number of nitrogens with zero attached hydrogens (tertiary/aromatic N) is 2. The standard InChI is InChI=1S/C31H34FN3O2S/c1-31(19-34(20-31)29(23-9-4-2-5-10-23)24-11-6-3-7-12-24)21-37-28-18-27(32)26(17-25(28)22-13-14-22)30(36)33-38-35-15-8-16-35/h2-7,9-12,17-18,22,29H,8,13-16,19-21H2,1H3,(H,33,36). The van der Waals surface area contributed by atoms with Gasteiger partial charge in [-0.05, 0) is 47.9 Å². The average Bonchev–Trinajstić information content (AvgIpc) is 3.72. The minimum absolute atomic E-state index is 0.0387. The van der Waals surface area contributed by atoms with Gasteiger partial charge in [0.25, 0.3) is 5.91 Å². The highest BCUT2D eigenvalue weighted by Gasteiger charge is 2.43. The Hall–Kier alpha value is -2.87. The summed E-state index contributed by atoms with van der Waals surface area (Å²) in [7, 11) is 0. The molecular weight excluding hydrogens is 497 g/mol. The summed E-state index contributed by atoms with van der Waals surface area (Å²) in [6.45, 7) is 6.41. The molecule has 1 aliphatic carbocycles. The quantitative estimate of drug-likeness (QED) is 0.316. The number of halogens is 1. The first-order valence-electron chi connectivity index (χ1n) is 13.5. The fourth-order valence-electron chi connectivity index (χ4n) is 5.47. The zero-order valence-corrected chi connectivity index (χ0v) is 22.6. The predicted molar refractivity (Wildman–Crippen MR) is 150 cm³/mol. The summed E-state index contributed by atoms with van der Waals surface area (Å²) in [4.78, 5) is 15.2. The van der Waals surface area contributed by atoms with E-state index >= 15 is 4.39 Å². The van der Waals surface area contributed by atoms with Crippen molar-refractivity contribution in [1.82, 2.24) is 13.9 Å². The molecule has 2 heterocycles. The number of rotatable bonds is 10. The maximum absolute atomic E-state index is 15.1. The van der Waals surface area contributed by atoms with Crippen LogP contribution in [-0.4, -0.2) is 47.9 Å². The number of carbonyl (C=O) groups is 1. The van der Waals surface area contributed by atoms with Crippen molar-refractivity contribution in [2.45, 2.75) is 38.1 Å². The highest BCUT2D eigenvalue weighted by molar-refractivity contribution is 7.95. The SMILES string of the molecule is CC1(COc2cc(F)c(C(=O)NSN3CCC3)cc2C2CC2)CN(C(c2ccccc2)c2ccccc2)C1. The molecule has 1 saturated carbocycles. The molecule has 6 rings (SSSR count). The summed E-state index contributed by atoms with van der Waals surface area (Å²) in [5.41, 5.74) is 3.57. The number of likely N-dealkylation sites (tertiary alicyclic amines) is 1. The van der Waals surface area contributed by atoms with E-state index in [1.54, 1.807) is 6.07 Å². The number of nitrogens with one attached hydrogen (secondary N) is 1. The lowest BCUT2D eigenvalue weighted by atomic mass is 9.79. The molecule has 7 heteroatoms. The van der Waals surface area contributed by atoms with Crippen LogP contribution in [0.4, 0.5) is 4.39 Å². The molecule has 0 atom stereocenters. The van der Waals surface area contributed by atoms with E-state index in [-0.39, 0.29) is 22.9 Å². The zero-order chi connectivity index (χ0) is 26.1. The molecule has 3 aromatic carbocycles. The van der Waals surface area contributed by atoms with Crippen molar-refractivity contribution >= 4 is 18.0 Å². The van der Waals surface area contributed by atoms with E-state index in [0.717, 1.165) is 51.0 Å². The van der Waals surface area contributed by atoms with Gasteiger partial charge in [0.05, 0.1) is 18.2 Å². The van der Waals surface area contributed by atoms with Crippen LogP contribution in [0.5, 0.6) is 5.75 Å². The van der Waals surface area contributed by atoms with Crippen LogP contribution in [0.25, 0.3) is 0 Å². The second-order valence-electron chi connectivity index (χ2n) is 11.2. The molecule has 0 aromatic heterocycles. The van der Waals surface area contributed by atoms with Crippen molar-refractivity contribution in [1.29, 1.82) is 0 Å². The number of amides is 1. The van der Waals surface area contributed by atoms with Crippen LogP contribution in [-0.2, 0) is 0 Å². The molecule has 2 saturated heterocycles. The molecule has 0 spiro atoms. The lowest BCUT2D eigenvalue weighted by molar-refractivity contribution is -0.0379. The Balaban J connectivity index is 1.13. The molecule has 38 heavy (non-hydrogen) atoms. The number of benzene rings is 3. The first-order chi connectivity index (χ1) is 18.5. The van der Waals surface area contributed by atoms with Gasteiger partial charge in [0.1, 0.15) is 11.6 Å². The van der Waals surface area contributed by atoms with Crippen LogP contribution < -0.4 is 9.46 Å². The Labute approximate surface area is 228 Å². The first kappa shape index (κ1) is 25.4. The Morgan fingerprint density at radius 2 is 1.68 bits per heavy atom. The summed E-state index contributed by atoms with van der Waals surface area (Å²) in [5, 5.41) is 0. The van der Waals surface area contributed by atoms with Crippen LogP contribution >= 0.6 is 12.1 Å². The third kappa shape index (κ3) is 5.46. The van der Waals surface area contributed by atoms with Gasteiger partial charge < -0.3 is 4.74 Å². The number of carbonyl (C=O) groups excluding carboxylic acids is 1. The minimum atomic E-state index is -0.528. The second-order valence-corrected chi connectivity index (χ2v) is 12.1. The van der Waals surface area contributed by atoms with Gasteiger partial charge in [-0.15, -0.1) is 0 Å². The van der Waals surface area contributed by atoms with Gasteiger partial charge in [-0.1, -0.05) is 67.6 Å². The number of ether oxygens (including phenoxy) is 1. The van der Waals surface area contributed by atoms with E-state index in [4.69, 9.17) is 4.74 Å². The van der Waals surface area contributed by atoms with Crippen LogP contribution in [0.15, 0.2) is 72.8 Å². The summed E-state index contributed by atoms with van der Waals surface area (Å²) < 4.78 is 26.2. The van der Waals surface area contributed by atoms with Gasteiger partial charge in [0.2, 0.25) is 0 Å². The first-order valence-corrected chi connectivity index (χ1v) is 14.3. The molecule has 1 N–H and O–H groups in total. The number of hydrogen-bond acceptors (Lipinski definition) is 5. The lowest BCUT2D eigenvalue weighted by Gasteiger charge is -2.51. The van der Waals surface area contributed by atoms with Gasteiger partial charge in [-0.3, -0.25) is 14.4 Å². The second kappa shape index (κ2) is 10.7. The maximum Gasteiger partial charge on any atom is 0.265 e. The van der Waals surface area contributed by atoms with Crippen molar-refractivity contribution < 1.29 is 13.9 Å². The van der Waals surface area contributed by atoms with Crippen LogP contribution in [0.2, 0.25) is 0 Å². The van der Waals surface area contributed by atoms with E-state index in [1.165, 1.54) is 29.3 Å². The van der Waals surface area contributed by atoms with Crippen molar-refractivity contribution in [3.63, 3.8) is 0 Å². The molecule has 0 radical (unpaired) electrons. The molecule has 198 valence electrons. The molecule has 5 nitrogen and oxygen atoms in total. The van der Waals surface area contributed by atoms with Gasteiger partial charge in [-0.2, -0.15) is 0 Å². The topological polar surface area (TPSA) is 44.8 Å². The molecular formula is C31H34FN3O2S. The zero-order valence-electron chi connectivity index (χ0n) is 21.7. The molecule has 3 aliphatic rings. The van der Waals surface area contributed by atoms with E-state index in [2.05, 4.69) is 81.5 Å². The molecule has 0 bridgehead atoms. The molecule has 2 aliphatic heterocycles. The van der Waals surface area contributed by atoms with Gasteiger partial charge in [0.15, 0.2) is 0 Å². The van der Waals surface area contributed by atoms with Gasteiger partial charge >= 0.3 is 0 Å². The summed E-state index contributed by atoms with van der Waals surface area (Å²) in [6.07, 6.45) is 3.23. The van der Waals surface area contributed by atoms with Crippen molar-refractivity contribution in [3.05, 3.63) is 101 Å². The van der Waals surface area contributed by atoms with Gasteiger partial charge in [-0.25, -0.2) is 8.70 Å². The van der Waals surface area contributed by atoms with E-state index in [9.17, 15) is 4.79 Å². The molecule has 3 fully saturated rings. The Bertz CT molecular complexity index is 1240. The Kier molecular flexibility index (Phi) is 7.16. The number of hydrogen-bond donors (Lipinski definition) is 1. The molecule has 1 amide bonds. The van der Waals surface area contributed by atoms with Crippen LogP contribution in [0.3, 0.4) is 0 Å². The van der Waals surface area contributed by atoms with Crippen LogP contribution in [0.1, 0.15) is 65.2 Å². The third-order valence-electron chi connectivity index (χ3n) is 7.79. The predicted octanol–water partition coefficient (Wildman–Crippen LogP) is 6.19. The fourth-order valence-corrected chi connectivity index (χ4v) is 6.23.